The maximum Gasteiger partial charge on any atom is 0.0799 e. The molecule has 0 aromatic carbocycles. The molecule has 3 unspecified atom stereocenters. The summed E-state index contributed by atoms with van der Waals surface area (Å²) in [5, 5.41) is 4.34. The zero-order valence-electron chi connectivity index (χ0n) is 26.3. The molecule has 3 atom stereocenters. The molecule has 4 aliphatic carbocycles. The second-order valence-corrected chi connectivity index (χ2v) is 18.9. The molecule has 5 rings (SSSR count). The number of allylic oxidation sites excluding steroid dienone is 3. The Bertz CT molecular complexity index is 828. The lowest BCUT2D eigenvalue weighted by Gasteiger charge is -2.51. The smallest absolute Gasteiger partial charge is 0.0799 e. The molecular formula is C36H63N2P. The van der Waals surface area contributed by atoms with Gasteiger partial charge in [0.15, 0.2) is 0 Å². The van der Waals surface area contributed by atoms with Crippen molar-refractivity contribution in [3.05, 3.63) is 23.9 Å². The van der Waals surface area contributed by atoms with E-state index in [1.807, 2.05) is 0 Å². The topological polar surface area (TPSA) is 24.4 Å². The number of nitrogens with zero attached hydrogens (tertiary/aromatic N) is 1. The van der Waals surface area contributed by atoms with Crippen LogP contribution in [0.5, 0.6) is 0 Å². The molecule has 0 aromatic heterocycles. The average Bonchev–Trinajstić information content (AvgIpc) is 2.97. The van der Waals surface area contributed by atoms with Gasteiger partial charge in [0.1, 0.15) is 0 Å². The molecule has 0 radical (unpaired) electrons. The van der Waals surface area contributed by atoms with E-state index in [1.54, 1.807) is 5.70 Å². The lowest BCUT2D eigenvalue weighted by atomic mass is 9.69. The van der Waals surface area contributed by atoms with Gasteiger partial charge >= 0.3 is 0 Å². The van der Waals surface area contributed by atoms with Crippen molar-refractivity contribution in [1.29, 1.82) is 0 Å². The average molecular weight is 555 g/mol. The number of rotatable bonds is 8. The first-order chi connectivity index (χ1) is 19.0. The van der Waals surface area contributed by atoms with Gasteiger partial charge in [-0.25, -0.2) is 0 Å². The van der Waals surface area contributed by atoms with Gasteiger partial charge in [-0.1, -0.05) is 117 Å². The monoisotopic (exact) mass is 554 g/mol. The summed E-state index contributed by atoms with van der Waals surface area (Å²) in [4.78, 5) is 0. The Morgan fingerprint density at radius 3 is 1.72 bits per heavy atom. The van der Waals surface area contributed by atoms with Crippen molar-refractivity contribution in [3.63, 3.8) is 0 Å². The quantitative estimate of drug-likeness (QED) is 0.296. The Hall–Kier alpha value is -0.490. The molecule has 0 saturated heterocycles. The summed E-state index contributed by atoms with van der Waals surface area (Å²) in [6.45, 7) is 10.1. The van der Waals surface area contributed by atoms with Crippen molar-refractivity contribution in [3.8, 4) is 0 Å². The summed E-state index contributed by atoms with van der Waals surface area (Å²) >= 11 is 0. The molecule has 222 valence electrons. The van der Waals surface area contributed by atoms with Gasteiger partial charge in [0.05, 0.1) is 11.8 Å². The summed E-state index contributed by atoms with van der Waals surface area (Å²) in [6.07, 6.45) is 34.8. The van der Waals surface area contributed by atoms with Crippen LogP contribution in [0.4, 0.5) is 0 Å². The predicted octanol–water partition coefficient (Wildman–Crippen LogP) is 11.3. The van der Waals surface area contributed by atoms with Gasteiger partial charge in [0, 0.05) is 12.8 Å². The van der Waals surface area contributed by atoms with Crippen molar-refractivity contribution in [2.75, 3.05) is 0 Å². The molecule has 4 saturated carbocycles. The summed E-state index contributed by atoms with van der Waals surface area (Å²) in [5.41, 5.74) is 3.27. The Labute approximate surface area is 243 Å². The van der Waals surface area contributed by atoms with Gasteiger partial charge in [-0.15, -0.1) is 0 Å². The molecule has 4 fully saturated rings. The lowest BCUT2D eigenvalue weighted by molar-refractivity contribution is 0.143. The van der Waals surface area contributed by atoms with Crippen molar-refractivity contribution in [2.45, 2.75) is 173 Å². The third-order valence-electron chi connectivity index (χ3n) is 11.9. The number of nitrogens with one attached hydrogen (secondary N) is 1. The van der Waals surface area contributed by atoms with E-state index in [1.165, 1.54) is 122 Å². The highest BCUT2D eigenvalue weighted by Gasteiger charge is 2.47. The third-order valence-corrected chi connectivity index (χ3v) is 17.2. The Morgan fingerprint density at radius 1 is 0.692 bits per heavy atom. The van der Waals surface area contributed by atoms with E-state index in [9.17, 15) is 0 Å². The van der Waals surface area contributed by atoms with Crippen LogP contribution in [-0.2, 0) is 0 Å². The highest BCUT2D eigenvalue weighted by atomic mass is 31.2. The molecule has 0 bridgehead atoms. The van der Waals surface area contributed by atoms with Gasteiger partial charge in [0.2, 0.25) is 0 Å². The van der Waals surface area contributed by atoms with Gasteiger partial charge < -0.3 is 5.32 Å². The fourth-order valence-corrected chi connectivity index (χ4v) is 15.7. The first-order valence-electron chi connectivity index (χ1n) is 17.7. The van der Waals surface area contributed by atoms with Crippen LogP contribution in [0.1, 0.15) is 150 Å². The molecule has 5 aliphatic rings. The lowest BCUT2D eigenvalue weighted by Crippen LogP contribution is -2.42. The van der Waals surface area contributed by atoms with Crippen molar-refractivity contribution >= 4 is 7.05 Å². The predicted molar refractivity (Wildman–Crippen MR) is 173 cm³/mol. The summed E-state index contributed by atoms with van der Waals surface area (Å²) < 4.78 is 6.59. The van der Waals surface area contributed by atoms with Crippen LogP contribution in [0.2, 0.25) is 0 Å². The molecule has 1 aliphatic heterocycles. The maximum absolute atomic E-state index is 6.59. The third kappa shape index (κ3) is 6.95. The molecule has 0 amide bonds. The van der Waals surface area contributed by atoms with E-state index >= 15 is 0 Å². The van der Waals surface area contributed by atoms with E-state index in [2.05, 4.69) is 51.2 Å². The minimum absolute atomic E-state index is 0.495. The number of hydrogen-bond donors (Lipinski definition) is 1. The highest BCUT2D eigenvalue weighted by Crippen LogP contribution is 2.69. The van der Waals surface area contributed by atoms with Gasteiger partial charge in [-0.2, -0.15) is 0 Å². The number of dihydropyridines is 1. The normalized spacial score (nSPS) is 32.3. The Morgan fingerprint density at radius 2 is 1.21 bits per heavy atom. The molecule has 0 aromatic rings. The fourth-order valence-electron chi connectivity index (χ4n) is 9.74. The Balaban J connectivity index is 1.58. The maximum atomic E-state index is 6.59. The van der Waals surface area contributed by atoms with E-state index < -0.39 is 7.05 Å². The van der Waals surface area contributed by atoms with Crippen LogP contribution in [-0.4, -0.2) is 23.1 Å². The SMILES string of the molecule is CC(C)C1CCCC(C(C)C)C1N=P(C1CCCCC1)(C1CCCCC1)C1C=CC=C(CC2CCCCC2)N1. The van der Waals surface area contributed by atoms with Gasteiger partial charge in [0.25, 0.3) is 0 Å². The minimum Gasteiger partial charge on any atom is -0.377 e. The van der Waals surface area contributed by atoms with E-state index in [-0.39, 0.29) is 0 Å². The Kier molecular flexibility index (Phi) is 10.9. The van der Waals surface area contributed by atoms with E-state index in [4.69, 9.17) is 4.74 Å². The summed E-state index contributed by atoms with van der Waals surface area (Å²) in [6, 6.07) is 0.582. The fraction of sp³-hybridized carbons (Fsp3) is 0.889. The van der Waals surface area contributed by atoms with Crippen molar-refractivity contribution < 1.29 is 0 Å². The first kappa shape index (κ1) is 30.0. The zero-order valence-corrected chi connectivity index (χ0v) is 27.2. The largest absolute Gasteiger partial charge is 0.377 e. The summed E-state index contributed by atoms with van der Waals surface area (Å²) in [7, 11) is -1.65. The van der Waals surface area contributed by atoms with Crippen LogP contribution in [0.3, 0.4) is 0 Å². The van der Waals surface area contributed by atoms with Gasteiger partial charge in [-0.05, 0) is 91.9 Å². The molecule has 2 nitrogen and oxygen atoms in total. The van der Waals surface area contributed by atoms with Crippen LogP contribution >= 0.6 is 7.05 Å². The minimum atomic E-state index is -1.65. The molecule has 39 heavy (non-hydrogen) atoms. The van der Waals surface area contributed by atoms with Crippen LogP contribution < -0.4 is 5.32 Å². The molecule has 1 N–H and O–H groups in total. The molecule has 3 heteroatoms. The van der Waals surface area contributed by atoms with Gasteiger partial charge in [-0.3, -0.25) is 4.74 Å². The molecule has 0 spiro atoms. The van der Waals surface area contributed by atoms with E-state index in [0.29, 0.717) is 11.8 Å². The summed E-state index contributed by atoms with van der Waals surface area (Å²) in [5.74, 6) is 4.45. The zero-order chi connectivity index (χ0) is 27.2. The van der Waals surface area contributed by atoms with Crippen molar-refractivity contribution in [1.82, 2.24) is 5.32 Å². The second-order valence-electron chi connectivity index (χ2n) is 15.1. The second kappa shape index (κ2) is 14.1. The van der Waals surface area contributed by atoms with Crippen LogP contribution in [0.15, 0.2) is 28.7 Å². The molecular weight excluding hydrogens is 491 g/mol. The number of hydrogen-bond acceptors (Lipinski definition) is 2. The standard InChI is InChI=1S/C36H63N2P/c1-27(2)33-23-15-24-34(28(3)4)36(33)38-39(31-19-10-6-11-20-31,32-21-12-7-13-22-32)35-25-14-18-30(37-35)26-29-16-8-5-9-17-29/h14,18,25,27-29,31-37H,5-13,15-17,19-24,26H2,1-4H3. The van der Waals surface area contributed by atoms with Crippen molar-refractivity contribution in [2.24, 2.45) is 34.3 Å². The molecule has 1 heterocycles. The highest BCUT2D eigenvalue weighted by molar-refractivity contribution is 7.68. The van der Waals surface area contributed by atoms with Crippen LogP contribution in [0.25, 0.3) is 0 Å². The first-order valence-corrected chi connectivity index (χ1v) is 19.7. The van der Waals surface area contributed by atoms with E-state index in [0.717, 1.165) is 40.9 Å². The van der Waals surface area contributed by atoms with Crippen LogP contribution in [0, 0.1) is 29.6 Å².